The number of rotatable bonds is 8. The summed E-state index contributed by atoms with van der Waals surface area (Å²) >= 11 is 0. The maximum absolute atomic E-state index is 4.24. The molecule has 1 rings (SSSR count). The topological polar surface area (TPSA) is 29.9 Å². The Balaban J connectivity index is 2.55. The van der Waals surface area contributed by atoms with Crippen LogP contribution in [0, 0.1) is 5.41 Å². The minimum atomic E-state index is 0.359. The van der Waals surface area contributed by atoms with Gasteiger partial charge in [-0.1, -0.05) is 27.7 Å². The highest BCUT2D eigenvalue weighted by molar-refractivity contribution is 5.04. The Morgan fingerprint density at radius 1 is 1.39 bits per heavy atom. The summed E-state index contributed by atoms with van der Waals surface area (Å²) in [7, 11) is 1.98. The molecule has 1 N–H and O–H groups in total. The standard InChI is InChI=1S/C15H29N3/c1-6-10-16-14(15(3,4)7-2)9-8-13-11-17-18(5)12-13/h11-12,14,16H,6-10H2,1-5H3. The van der Waals surface area contributed by atoms with Gasteiger partial charge in [0.2, 0.25) is 0 Å². The molecular weight excluding hydrogens is 222 g/mol. The zero-order valence-electron chi connectivity index (χ0n) is 12.7. The van der Waals surface area contributed by atoms with Crippen LogP contribution in [-0.2, 0) is 13.5 Å². The van der Waals surface area contributed by atoms with Crippen molar-refractivity contribution in [3.8, 4) is 0 Å². The number of nitrogens with one attached hydrogen (secondary N) is 1. The average Bonchev–Trinajstić information content (AvgIpc) is 2.75. The third-order valence-corrected chi connectivity index (χ3v) is 3.98. The van der Waals surface area contributed by atoms with E-state index >= 15 is 0 Å². The summed E-state index contributed by atoms with van der Waals surface area (Å²) in [6.07, 6.45) is 8.81. The monoisotopic (exact) mass is 251 g/mol. The molecule has 0 aliphatic carbocycles. The van der Waals surface area contributed by atoms with E-state index < -0.39 is 0 Å². The Kier molecular flexibility index (Phi) is 5.86. The van der Waals surface area contributed by atoms with E-state index in [4.69, 9.17) is 0 Å². The fourth-order valence-electron chi connectivity index (χ4n) is 2.25. The number of hydrogen-bond donors (Lipinski definition) is 1. The molecule has 0 aromatic carbocycles. The van der Waals surface area contributed by atoms with Crippen LogP contribution in [0.25, 0.3) is 0 Å². The van der Waals surface area contributed by atoms with Gasteiger partial charge in [0, 0.05) is 19.3 Å². The highest BCUT2D eigenvalue weighted by Gasteiger charge is 2.26. The van der Waals surface area contributed by atoms with Gasteiger partial charge in [-0.25, -0.2) is 0 Å². The molecule has 1 atom stereocenters. The van der Waals surface area contributed by atoms with Crippen molar-refractivity contribution in [3.05, 3.63) is 18.0 Å². The highest BCUT2D eigenvalue weighted by Crippen LogP contribution is 2.27. The molecule has 104 valence electrons. The van der Waals surface area contributed by atoms with Crippen LogP contribution < -0.4 is 5.32 Å². The SMILES string of the molecule is CCCNC(CCc1cnn(C)c1)C(C)(C)CC. The van der Waals surface area contributed by atoms with E-state index in [-0.39, 0.29) is 0 Å². The van der Waals surface area contributed by atoms with Gasteiger partial charge in [-0.15, -0.1) is 0 Å². The van der Waals surface area contributed by atoms with Crippen molar-refractivity contribution < 1.29 is 0 Å². The second kappa shape index (κ2) is 6.93. The molecule has 0 radical (unpaired) electrons. The Hall–Kier alpha value is -0.830. The van der Waals surface area contributed by atoms with Crippen molar-refractivity contribution in [1.29, 1.82) is 0 Å². The summed E-state index contributed by atoms with van der Waals surface area (Å²) in [5.41, 5.74) is 1.70. The molecule has 1 aromatic rings. The molecule has 0 spiro atoms. The first-order valence-electron chi connectivity index (χ1n) is 7.20. The summed E-state index contributed by atoms with van der Waals surface area (Å²) in [6, 6.07) is 0.586. The molecule has 0 saturated heterocycles. The largest absolute Gasteiger partial charge is 0.313 e. The van der Waals surface area contributed by atoms with E-state index in [1.807, 2.05) is 17.9 Å². The van der Waals surface area contributed by atoms with Gasteiger partial charge < -0.3 is 5.32 Å². The summed E-state index contributed by atoms with van der Waals surface area (Å²) in [5, 5.41) is 7.95. The quantitative estimate of drug-likeness (QED) is 0.769. The summed E-state index contributed by atoms with van der Waals surface area (Å²) in [6.45, 7) is 10.4. The van der Waals surface area contributed by atoms with Crippen LogP contribution >= 0.6 is 0 Å². The number of aryl methyl sites for hydroxylation is 2. The van der Waals surface area contributed by atoms with Gasteiger partial charge in [-0.3, -0.25) is 4.68 Å². The minimum Gasteiger partial charge on any atom is -0.313 e. The third kappa shape index (κ3) is 4.45. The Morgan fingerprint density at radius 2 is 2.11 bits per heavy atom. The van der Waals surface area contributed by atoms with Crippen molar-refractivity contribution >= 4 is 0 Å². The molecule has 1 unspecified atom stereocenters. The summed E-state index contributed by atoms with van der Waals surface area (Å²) in [5.74, 6) is 0. The molecule has 18 heavy (non-hydrogen) atoms. The first-order chi connectivity index (χ1) is 8.49. The predicted molar refractivity (Wildman–Crippen MR) is 77.7 cm³/mol. The first-order valence-corrected chi connectivity index (χ1v) is 7.20. The molecule has 0 bridgehead atoms. The molecular formula is C15H29N3. The van der Waals surface area contributed by atoms with Crippen molar-refractivity contribution in [3.63, 3.8) is 0 Å². The smallest absolute Gasteiger partial charge is 0.0521 e. The van der Waals surface area contributed by atoms with Crippen LogP contribution in [0.3, 0.4) is 0 Å². The van der Waals surface area contributed by atoms with Gasteiger partial charge in [0.1, 0.15) is 0 Å². The molecule has 0 amide bonds. The Labute approximate surface area is 112 Å². The normalized spacial score (nSPS) is 13.8. The first kappa shape index (κ1) is 15.2. The van der Waals surface area contributed by atoms with Gasteiger partial charge in [-0.05, 0) is 43.2 Å². The van der Waals surface area contributed by atoms with E-state index in [9.17, 15) is 0 Å². The molecule has 1 aromatic heterocycles. The minimum absolute atomic E-state index is 0.359. The van der Waals surface area contributed by atoms with Gasteiger partial charge in [0.05, 0.1) is 6.20 Å². The van der Waals surface area contributed by atoms with Gasteiger partial charge in [-0.2, -0.15) is 5.10 Å². The molecule has 3 nitrogen and oxygen atoms in total. The van der Waals surface area contributed by atoms with Crippen LogP contribution in [-0.4, -0.2) is 22.4 Å². The molecule has 0 saturated carbocycles. The van der Waals surface area contributed by atoms with Crippen molar-refractivity contribution in [2.24, 2.45) is 12.5 Å². The lowest BCUT2D eigenvalue weighted by atomic mass is 9.79. The van der Waals surface area contributed by atoms with Crippen LogP contribution in [0.15, 0.2) is 12.4 Å². The second-order valence-electron chi connectivity index (χ2n) is 5.91. The van der Waals surface area contributed by atoms with Crippen LogP contribution in [0.4, 0.5) is 0 Å². The van der Waals surface area contributed by atoms with Gasteiger partial charge in [0.25, 0.3) is 0 Å². The molecule has 0 aliphatic rings. The van der Waals surface area contributed by atoms with E-state index in [0.717, 1.165) is 13.0 Å². The van der Waals surface area contributed by atoms with Gasteiger partial charge >= 0.3 is 0 Å². The van der Waals surface area contributed by atoms with Crippen LogP contribution in [0.5, 0.6) is 0 Å². The maximum atomic E-state index is 4.24. The van der Waals surface area contributed by atoms with Crippen LogP contribution in [0.2, 0.25) is 0 Å². The molecule has 3 heteroatoms. The maximum Gasteiger partial charge on any atom is 0.0521 e. The third-order valence-electron chi connectivity index (χ3n) is 3.98. The summed E-state index contributed by atoms with van der Waals surface area (Å²) < 4.78 is 1.88. The lowest BCUT2D eigenvalue weighted by Gasteiger charge is -2.34. The van der Waals surface area contributed by atoms with Crippen molar-refractivity contribution in [2.75, 3.05) is 6.54 Å². The van der Waals surface area contributed by atoms with E-state index in [0.29, 0.717) is 11.5 Å². The van der Waals surface area contributed by atoms with Gasteiger partial charge in [0.15, 0.2) is 0 Å². The predicted octanol–water partition coefficient (Wildman–Crippen LogP) is 3.16. The number of aromatic nitrogens is 2. The molecule has 1 heterocycles. The summed E-state index contributed by atoms with van der Waals surface area (Å²) in [4.78, 5) is 0. The van der Waals surface area contributed by atoms with Crippen molar-refractivity contribution in [2.45, 2.75) is 59.4 Å². The second-order valence-corrected chi connectivity index (χ2v) is 5.91. The van der Waals surface area contributed by atoms with E-state index in [1.165, 1.54) is 24.8 Å². The van der Waals surface area contributed by atoms with Crippen molar-refractivity contribution in [1.82, 2.24) is 15.1 Å². The lowest BCUT2D eigenvalue weighted by Crippen LogP contribution is -2.42. The Bertz CT molecular complexity index is 341. The molecule has 0 aliphatic heterocycles. The fourth-order valence-corrected chi connectivity index (χ4v) is 2.25. The number of hydrogen-bond acceptors (Lipinski definition) is 2. The zero-order valence-corrected chi connectivity index (χ0v) is 12.7. The van der Waals surface area contributed by atoms with E-state index in [2.05, 4.69) is 44.3 Å². The lowest BCUT2D eigenvalue weighted by molar-refractivity contribution is 0.220. The molecule has 0 fully saturated rings. The zero-order chi connectivity index (χ0) is 13.6. The average molecular weight is 251 g/mol. The fraction of sp³-hybridized carbons (Fsp3) is 0.800. The highest BCUT2D eigenvalue weighted by atomic mass is 15.2. The van der Waals surface area contributed by atoms with E-state index in [1.54, 1.807) is 0 Å². The Morgan fingerprint density at radius 3 is 2.61 bits per heavy atom. The number of nitrogens with zero attached hydrogens (tertiary/aromatic N) is 2. The van der Waals surface area contributed by atoms with Crippen LogP contribution in [0.1, 0.15) is 52.5 Å².